The molecule has 2 atom stereocenters. The number of hydrogen-bond donors (Lipinski definition) is 4. The van der Waals surface area contributed by atoms with Gasteiger partial charge in [-0.2, -0.15) is 0 Å². The van der Waals surface area contributed by atoms with Gasteiger partial charge < -0.3 is 40.8 Å². The average Bonchev–Trinajstić information content (AvgIpc) is 4.23. The molecule has 21 heteroatoms. The number of aryl methyl sites for hydroxylation is 1. The highest BCUT2D eigenvalue weighted by Crippen LogP contribution is 2.32. The Hall–Kier alpha value is -6.62. The second-order valence-electron chi connectivity index (χ2n) is 21.2. The number of carbonyl (C=O) groups is 4. The normalized spacial score (nSPS) is 17.4. The molecule has 0 saturated carbocycles. The zero-order valence-electron chi connectivity index (χ0n) is 45.6. The van der Waals surface area contributed by atoms with Crippen LogP contribution < -0.4 is 21.7 Å². The van der Waals surface area contributed by atoms with Gasteiger partial charge >= 0.3 is 0 Å². The van der Waals surface area contributed by atoms with Crippen molar-refractivity contribution in [3.8, 4) is 21.6 Å². The van der Waals surface area contributed by atoms with Gasteiger partial charge in [0, 0.05) is 87.9 Å². The van der Waals surface area contributed by atoms with E-state index >= 15 is 8.78 Å². The number of aliphatic imine (C=N–C) groups is 1. The van der Waals surface area contributed by atoms with Crippen molar-refractivity contribution >= 4 is 57.8 Å². The molecule has 0 spiro atoms. The molecule has 0 bridgehead atoms. The van der Waals surface area contributed by atoms with Crippen LogP contribution in [0.5, 0.6) is 0 Å². The van der Waals surface area contributed by atoms with E-state index in [4.69, 9.17) is 29.9 Å². The van der Waals surface area contributed by atoms with E-state index in [9.17, 15) is 19.2 Å². The van der Waals surface area contributed by atoms with Crippen LogP contribution in [0.25, 0.3) is 38.2 Å². The minimum atomic E-state index is -0.836. The third-order valence-corrected chi connectivity index (χ3v) is 15.4. The number of rotatable bonds is 23. The first-order valence-corrected chi connectivity index (χ1v) is 28.0. The van der Waals surface area contributed by atoms with Crippen molar-refractivity contribution in [2.24, 2.45) is 16.1 Å². The van der Waals surface area contributed by atoms with Crippen LogP contribution in [0.4, 0.5) is 8.78 Å². The largest absolute Gasteiger partial charge is 0.404 e. The lowest BCUT2D eigenvalue weighted by Crippen LogP contribution is -2.57. The Kier molecular flexibility index (Phi) is 20.7. The minimum Gasteiger partial charge on any atom is -0.404 e. The number of halogens is 2. The predicted molar refractivity (Wildman–Crippen MR) is 301 cm³/mol. The van der Waals surface area contributed by atoms with Crippen LogP contribution in [0.15, 0.2) is 77.5 Å². The molecule has 4 amide bonds. The number of ether oxygens (including phenoxy) is 3. The maximum Gasteiger partial charge on any atom is 0.246 e. The van der Waals surface area contributed by atoms with Crippen LogP contribution in [0.1, 0.15) is 75.4 Å². The number of allylic oxidation sites excluding steroid dienone is 1. The number of carbonyl (C=O) groups excluding carboxylic acids is 4. The van der Waals surface area contributed by atoms with Gasteiger partial charge in [-0.1, -0.05) is 57.2 Å². The molecule has 18 nitrogen and oxygen atoms in total. The molecule has 3 aliphatic rings. The van der Waals surface area contributed by atoms with Gasteiger partial charge in [0.2, 0.25) is 23.6 Å². The van der Waals surface area contributed by atoms with Crippen LogP contribution in [0.3, 0.4) is 0 Å². The Balaban J connectivity index is 0.692. The van der Waals surface area contributed by atoms with Crippen molar-refractivity contribution in [3.63, 3.8) is 0 Å². The van der Waals surface area contributed by atoms with Crippen molar-refractivity contribution in [3.05, 3.63) is 107 Å². The summed E-state index contributed by atoms with van der Waals surface area (Å²) in [5, 5.41) is 8.83. The van der Waals surface area contributed by atoms with E-state index in [2.05, 4.69) is 30.8 Å². The van der Waals surface area contributed by atoms with Gasteiger partial charge in [0.1, 0.15) is 23.7 Å². The van der Waals surface area contributed by atoms with Crippen molar-refractivity contribution in [1.29, 1.82) is 0 Å². The highest BCUT2D eigenvalue weighted by molar-refractivity contribution is 7.13. The summed E-state index contributed by atoms with van der Waals surface area (Å²) < 4.78 is 47.5. The molecule has 0 aliphatic carbocycles. The fraction of sp³-hybridized carbons (Fsp3) is 0.483. The second kappa shape index (κ2) is 28.0. The molecule has 3 aromatic carbocycles. The summed E-state index contributed by atoms with van der Waals surface area (Å²) in [6.07, 6.45) is 7.45. The van der Waals surface area contributed by atoms with E-state index in [1.165, 1.54) is 18.3 Å². The van der Waals surface area contributed by atoms with Crippen LogP contribution in [0, 0.1) is 24.0 Å². The van der Waals surface area contributed by atoms with Crippen molar-refractivity contribution in [1.82, 2.24) is 45.6 Å². The molecule has 422 valence electrons. The molecule has 79 heavy (non-hydrogen) atoms. The van der Waals surface area contributed by atoms with Gasteiger partial charge in [0.15, 0.2) is 0 Å². The first kappa shape index (κ1) is 58.5. The number of amides is 4. The van der Waals surface area contributed by atoms with Gasteiger partial charge in [0.05, 0.1) is 91.2 Å². The topological polar surface area (TPSA) is 219 Å². The van der Waals surface area contributed by atoms with Gasteiger partial charge in [-0.05, 0) is 72.9 Å². The lowest BCUT2D eigenvalue weighted by molar-refractivity contribution is -0.144. The van der Waals surface area contributed by atoms with E-state index < -0.39 is 29.1 Å². The van der Waals surface area contributed by atoms with Crippen LogP contribution >= 0.6 is 11.3 Å². The average molecular weight is 1110 g/mol. The van der Waals surface area contributed by atoms with Gasteiger partial charge in [0.25, 0.3) is 0 Å². The van der Waals surface area contributed by atoms with E-state index in [1.54, 1.807) is 46.8 Å². The number of likely N-dealkylation sites (tertiary alicyclic amines) is 2. The number of nitrogens with two attached hydrogens (primary N) is 1. The van der Waals surface area contributed by atoms with Crippen LogP contribution in [-0.2, 0) is 46.5 Å². The Morgan fingerprint density at radius 2 is 1.62 bits per heavy atom. The number of morpholine rings is 1. The highest BCUT2D eigenvalue weighted by atomic mass is 32.1. The predicted octanol–water partition coefficient (Wildman–Crippen LogP) is 6.05. The fourth-order valence-electron chi connectivity index (χ4n) is 9.92. The third-order valence-electron chi connectivity index (χ3n) is 14.4. The second-order valence-corrected chi connectivity index (χ2v) is 22.1. The van der Waals surface area contributed by atoms with Gasteiger partial charge in [-0.25, -0.2) is 18.7 Å². The molecule has 2 aromatic heterocycles. The molecule has 3 fully saturated rings. The molecule has 5 aromatic rings. The lowest BCUT2D eigenvalue weighted by atomic mass is 9.85. The molecule has 1 unspecified atom stereocenters. The Bertz CT molecular complexity index is 2930. The number of hydrogen-bond acceptors (Lipinski definition) is 15. The molecule has 0 radical (unpaired) electrons. The summed E-state index contributed by atoms with van der Waals surface area (Å²) in [7, 11) is 0. The maximum absolute atomic E-state index is 15.4. The summed E-state index contributed by atoms with van der Waals surface area (Å²) in [5.41, 5.74) is 13.3. The molecular weight excluding hydrogens is 1030 g/mol. The number of piperidine rings is 1. The summed E-state index contributed by atoms with van der Waals surface area (Å²) in [4.78, 5) is 78.6. The lowest BCUT2D eigenvalue weighted by Gasteiger charge is -2.35. The summed E-state index contributed by atoms with van der Waals surface area (Å²) >= 11 is 1.59. The third kappa shape index (κ3) is 16.0. The molecule has 8 rings (SSSR count). The zero-order chi connectivity index (χ0) is 55.9. The standard InChI is InChI=1S/C58H73F2N11O7S/c1-38-54(79-37-66-38)40-12-10-39(11-13-40)32-65-56(74)50-9-6-18-71(50)57(75)55(58(2,3)4)68-51(72)16-23-76-27-28-77-24-17-62-52(73)36-69-19-14-43(15-20-69)63-33-42(31-61)49-34-64-48-8-5-7-44(53(48)67-49)41-29-46(59)45(47(60)30-41)35-70-21-25-78-26-22-70/h5,7-8,10-13,29-31,33-34,37,43,50,55H,6,9,14-28,32,35-36,61H2,1-4H3,(H,62,73)(H,65,74)(H,68,72)/t50?,55-/m1/s1. The van der Waals surface area contributed by atoms with E-state index in [1.807, 2.05) is 62.4 Å². The number of thiazole rings is 1. The monoisotopic (exact) mass is 1110 g/mol. The van der Waals surface area contributed by atoms with E-state index in [0.29, 0.717) is 105 Å². The summed E-state index contributed by atoms with van der Waals surface area (Å²) in [6, 6.07) is 14.6. The van der Waals surface area contributed by atoms with Crippen molar-refractivity contribution in [2.75, 3.05) is 85.5 Å². The SMILES string of the molecule is Cc1ncsc1-c1ccc(CNC(=O)C2CCCN2C(=O)[C@@H](NC(=O)CCOCCOCCNC(=O)CN2CCC(N=CC(=CN)c3cnc4cccc(-c5cc(F)c(CN6CCOCC6)c(F)c5)c4n3)CC2)C(C)(C)C)cc1. The fourth-order valence-corrected chi connectivity index (χ4v) is 10.7. The summed E-state index contributed by atoms with van der Waals surface area (Å²) in [6.45, 7) is 13.7. The minimum absolute atomic E-state index is 0.00464. The van der Waals surface area contributed by atoms with Crippen molar-refractivity contribution in [2.45, 2.75) is 91.0 Å². The number of nitrogens with one attached hydrogen (secondary N) is 3. The molecule has 5 heterocycles. The van der Waals surface area contributed by atoms with Gasteiger partial charge in [-0.3, -0.25) is 39.0 Å². The summed E-state index contributed by atoms with van der Waals surface area (Å²) in [5.74, 6) is -2.18. The van der Waals surface area contributed by atoms with Crippen LogP contribution in [0.2, 0.25) is 0 Å². The quantitative estimate of drug-likeness (QED) is 0.0433. The van der Waals surface area contributed by atoms with Gasteiger partial charge in [-0.15, -0.1) is 11.3 Å². The first-order valence-electron chi connectivity index (χ1n) is 27.2. The Morgan fingerprint density at radius 3 is 2.32 bits per heavy atom. The molecule has 3 saturated heterocycles. The Morgan fingerprint density at radius 1 is 0.886 bits per heavy atom. The highest BCUT2D eigenvalue weighted by Gasteiger charge is 2.42. The van der Waals surface area contributed by atoms with Crippen molar-refractivity contribution < 1.29 is 42.2 Å². The molecule has 5 N–H and O–H groups in total. The van der Waals surface area contributed by atoms with E-state index in [0.717, 1.165) is 34.5 Å². The molecule has 3 aliphatic heterocycles. The Labute approximate surface area is 464 Å². The maximum atomic E-state index is 15.4. The first-order chi connectivity index (χ1) is 38.1. The molecular formula is C58H73F2N11O7S. The number of aromatic nitrogens is 3. The number of benzene rings is 3. The smallest absolute Gasteiger partial charge is 0.246 e. The number of para-hydroxylation sites is 1. The van der Waals surface area contributed by atoms with Crippen LogP contribution in [-0.4, -0.2) is 163 Å². The number of fused-ring (bicyclic) bond motifs is 1. The number of nitrogens with zero attached hydrogens (tertiary/aromatic N) is 7. The van der Waals surface area contributed by atoms with E-state index in [-0.39, 0.29) is 81.2 Å². The zero-order valence-corrected chi connectivity index (χ0v) is 46.4.